The van der Waals surface area contributed by atoms with Gasteiger partial charge in [-0.25, -0.2) is 4.39 Å². The maximum absolute atomic E-state index is 13.8. The molecule has 0 aliphatic heterocycles. The minimum Gasteiger partial charge on any atom is -0.389 e. The molecular formula is C16H23BrFNO. The van der Waals surface area contributed by atoms with Crippen LogP contribution >= 0.6 is 15.9 Å². The fourth-order valence-electron chi connectivity index (χ4n) is 2.86. The SMILES string of the molecule is CC(NCC1(O)CCCCCC1)c1cc(Br)ccc1F. The minimum atomic E-state index is -0.632. The summed E-state index contributed by atoms with van der Waals surface area (Å²) in [5.41, 5.74) is 0.00404. The molecule has 0 amide bonds. The number of nitrogens with one attached hydrogen (secondary N) is 1. The predicted octanol–water partition coefficient (Wildman–Crippen LogP) is 4.32. The van der Waals surface area contributed by atoms with Crippen LogP contribution in [0.4, 0.5) is 4.39 Å². The highest BCUT2D eigenvalue weighted by atomic mass is 79.9. The van der Waals surface area contributed by atoms with Gasteiger partial charge < -0.3 is 10.4 Å². The molecule has 1 saturated carbocycles. The van der Waals surface area contributed by atoms with Gasteiger partial charge in [-0.1, -0.05) is 41.6 Å². The number of aliphatic hydroxyl groups is 1. The summed E-state index contributed by atoms with van der Waals surface area (Å²) in [6, 6.07) is 4.85. The Morgan fingerprint density at radius 2 is 1.95 bits per heavy atom. The van der Waals surface area contributed by atoms with Crippen molar-refractivity contribution in [3.8, 4) is 0 Å². The first-order valence-corrected chi connectivity index (χ1v) is 8.20. The molecule has 1 aromatic rings. The van der Waals surface area contributed by atoms with E-state index in [0.29, 0.717) is 12.1 Å². The number of hydrogen-bond acceptors (Lipinski definition) is 2. The second kappa shape index (κ2) is 7.01. The van der Waals surface area contributed by atoms with Gasteiger partial charge in [0.05, 0.1) is 5.60 Å². The molecule has 1 atom stereocenters. The lowest BCUT2D eigenvalue weighted by atomic mass is 9.94. The average molecular weight is 344 g/mol. The molecule has 1 aromatic carbocycles. The van der Waals surface area contributed by atoms with Gasteiger partial charge in [0, 0.05) is 22.6 Å². The van der Waals surface area contributed by atoms with Gasteiger partial charge in [0.1, 0.15) is 5.82 Å². The van der Waals surface area contributed by atoms with Gasteiger partial charge in [-0.05, 0) is 38.0 Å². The van der Waals surface area contributed by atoms with E-state index in [4.69, 9.17) is 0 Å². The van der Waals surface area contributed by atoms with Crippen LogP contribution in [0.2, 0.25) is 0 Å². The van der Waals surface area contributed by atoms with Gasteiger partial charge in [-0.15, -0.1) is 0 Å². The molecule has 112 valence electrons. The third kappa shape index (κ3) is 4.27. The Labute approximate surface area is 128 Å². The number of halogens is 2. The smallest absolute Gasteiger partial charge is 0.128 e. The largest absolute Gasteiger partial charge is 0.389 e. The molecule has 0 spiro atoms. The van der Waals surface area contributed by atoms with Crippen molar-refractivity contribution in [2.24, 2.45) is 0 Å². The highest BCUT2D eigenvalue weighted by Gasteiger charge is 2.28. The van der Waals surface area contributed by atoms with Crippen molar-refractivity contribution in [2.75, 3.05) is 6.54 Å². The summed E-state index contributed by atoms with van der Waals surface area (Å²) in [6.07, 6.45) is 6.26. The van der Waals surface area contributed by atoms with Crippen molar-refractivity contribution in [3.63, 3.8) is 0 Å². The lowest BCUT2D eigenvalue weighted by Crippen LogP contribution is -2.41. The van der Waals surface area contributed by atoms with E-state index in [1.54, 1.807) is 12.1 Å². The molecule has 1 aliphatic rings. The normalized spacial score (nSPS) is 20.4. The third-order valence-electron chi connectivity index (χ3n) is 4.20. The first kappa shape index (κ1) is 15.9. The number of hydrogen-bond donors (Lipinski definition) is 2. The molecule has 1 aliphatic carbocycles. The second-order valence-corrected chi connectivity index (χ2v) is 6.82. The van der Waals surface area contributed by atoms with Gasteiger partial charge in [-0.2, -0.15) is 0 Å². The van der Waals surface area contributed by atoms with Crippen LogP contribution in [-0.4, -0.2) is 17.3 Å². The van der Waals surface area contributed by atoms with Crippen LogP contribution in [0.3, 0.4) is 0 Å². The summed E-state index contributed by atoms with van der Waals surface area (Å²) in [5.74, 6) is -0.207. The van der Waals surface area contributed by atoms with Crippen LogP contribution in [0.5, 0.6) is 0 Å². The molecule has 0 heterocycles. The average Bonchev–Trinajstić information content (AvgIpc) is 2.64. The van der Waals surface area contributed by atoms with Crippen LogP contribution in [0.15, 0.2) is 22.7 Å². The fraction of sp³-hybridized carbons (Fsp3) is 0.625. The summed E-state index contributed by atoms with van der Waals surface area (Å²) >= 11 is 3.37. The molecule has 2 N–H and O–H groups in total. The van der Waals surface area contributed by atoms with Crippen LogP contribution < -0.4 is 5.32 Å². The van der Waals surface area contributed by atoms with Crippen LogP contribution in [0, 0.1) is 5.82 Å². The quantitative estimate of drug-likeness (QED) is 0.797. The summed E-state index contributed by atoms with van der Waals surface area (Å²) < 4.78 is 14.7. The van der Waals surface area contributed by atoms with Crippen LogP contribution in [0.25, 0.3) is 0 Å². The maximum Gasteiger partial charge on any atom is 0.128 e. The van der Waals surface area contributed by atoms with Crippen molar-refractivity contribution in [3.05, 3.63) is 34.1 Å². The van der Waals surface area contributed by atoms with Crippen LogP contribution in [-0.2, 0) is 0 Å². The first-order chi connectivity index (χ1) is 9.50. The molecule has 2 nitrogen and oxygen atoms in total. The Hall–Kier alpha value is -0.450. The van der Waals surface area contributed by atoms with E-state index >= 15 is 0 Å². The van der Waals surface area contributed by atoms with Gasteiger partial charge in [0.2, 0.25) is 0 Å². The Morgan fingerprint density at radius 1 is 1.30 bits per heavy atom. The van der Waals surface area contributed by atoms with Crippen LogP contribution in [0.1, 0.15) is 57.1 Å². The topological polar surface area (TPSA) is 32.3 Å². The fourth-order valence-corrected chi connectivity index (χ4v) is 3.24. The van der Waals surface area contributed by atoms with Crippen molar-refractivity contribution >= 4 is 15.9 Å². The van der Waals surface area contributed by atoms with E-state index in [0.717, 1.165) is 30.2 Å². The Kier molecular flexibility index (Phi) is 5.58. The van der Waals surface area contributed by atoms with Gasteiger partial charge in [-0.3, -0.25) is 0 Å². The summed E-state index contributed by atoms with van der Waals surface area (Å²) in [4.78, 5) is 0. The summed E-state index contributed by atoms with van der Waals surface area (Å²) in [7, 11) is 0. The van der Waals surface area contributed by atoms with E-state index in [9.17, 15) is 9.50 Å². The second-order valence-electron chi connectivity index (χ2n) is 5.91. The summed E-state index contributed by atoms with van der Waals surface area (Å²) in [6.45, 7) is 2.46. The standard InChI is InChI=1S/C16H23BrFNO/c1-12(14-10-13(17)6-7-15(14)18)19-11-16(20)8-4-2-3-5-9-16/h6-7,10,12,19-20H,2-5,8-9,11H2,1H3. The van der Waals surface area contributed by atoms with E-state index in [1.807, 2.05) is 6.92 Å². The lowest BCUT2D eigenvalue weighted by Gasteiger charge is -2.29. The molecule has 0 aromatic heterocycles. The number of benzene rings is 1. The van der Waals surface area contributed by atoms with Crippen molar-refractivity contribution in [1.82, 2.24) is 5.32 Å². The Bertz CT molecular complexity index is 444. The zero-order valence-electron chi connectivity index (χ0n) is 12.0. The van der Waals surface area contributed by atoms with E-state index < -0.39 is 5.60 Å². The summed E-state index contributed by atoms with van der Waals surface area (Å²) in [5, 5.41) is 13.9. The van der Waals surface area contributed by atoms with E-state index in [1.165, 1.54) is 18.9 Å². The molecule has 20 heavy (non-hydrogen) atoms. The highest BCUT2D eigenvalue weighted by Crippen LogP contribution is 2.28. The van der Waals surface area contributed by atoms with E-state index in [-0.39, 0.29) is 11.9 Å². The zero-order chi connectivity index (χ0) is 14.6. The molecule has 2 rings (SSSR count). The molecule has 4 heteroatoms. The zero-order valence-corrected chi connectivity index (χ0v) is 13.5. The van der Waals surface area contributed by atoms with Crippen molar-refractivity contribution in [2.45, 2.75) is 57.1 Å². The lowest BCUT2D eigenvalue weighted by molar-refractivity contribution is 0.0230. The molecule has 0 bridgehead atoms. The van der Waals surface area contributed by atoms with Crippen molar-refractivity contribution in [1.29, 1.82) is 0 Å². The Morgan fingerprint density at radius 3 is 2.60 bits per heavy atom. The molecule has 1 fully saturated rings. The van der Waals surface area contributed by atoms with Crippen molar-refractivity contribution < 1.29 is 9.50 Å². The highest BCUT2D eigenvalue weighted by molar-refractivity contribution is 9.10. The molecule has 0 saturated heterocycles. The maximum atomic E-state index is 13.8. The van der Waals surface area contributed by atoms with Gasteiger partial charge in [0.25, 0.3) is 0 Å². The molecule has 1 unspecified atom stereocenters. The van der Waals surface area contributed by atoms with Gasteiger partial charge >= 0.3 is 0 Å². The predicted molar refractivity (Wildman–Crippen MR) is 83.2 cm³/mol. The third-order valence-corrected chi connectivity index (χ3v) is 4.69. The number of rotatable bonds is 4. The first-order valence-electron chi connectivity index (χ1n) is 7.41. The monoisotopic (exact) mass is 343 g/mol. The Balaban J connectivity index is 1.97. The molecular weight excluding hydrogens is 321 g/mol. The van der Waals surface area contributed by atoms with Gasteiger partial charge in [0.15, 0.2) is 0 Å². The minimum absolute atomic E-state index is 0.111. The molecule has 0 radical (unpaired) electrons. The van der Waals surface area contributed by atoms with E-state index in [2.05, 4.69) is 21.2 Å².